The summed E-state index contributed by atoms with van der Waals surface area (Å²) < 4.78 is 11.5. The maximum atomic E-state index is 5.78. The van der Waals surface area contributed by atoms with Crippen LogP contribution in [0.1, 0.15) is 0 Å². The van der Waals surface area contributed by atoms with Gasteiger partial charge in [0.25, 0.3) is 0 Å². The maximum absolute atomic E-state index is 5.78. The molecule has 95 heavy (non-hydrogen) atoms. The van der Waals surface area contributed by atoms with Crippen molar-refractivity contribution in [3.63, 3.8) is 0 Å². The summed E-state index contributed by atoms with van der Waals surface area (Å²) in [6.07, 6.45) is 0. The van der Waals surface area contributed by atoms with E-state index in [1.807, 2.05) is 0 Å². The van der Waals surface area contributed by atoms with E-state index in [2.05, 4.69) is 368 Å². The zero-order chi connectivity index (χ0) is 62.6. The summed E-state index contributed by atoms with van der Waals surface area (Å²) in [7, 11) is -5.94. The fraction of sp³-hybridized carbons (Fsp3) is 0. The SMILES string of the molecule is c1ccc([Si](c2ccccc2)(c2ccccc2)c2ccc3nc4n(-c5cc(-n6c7ccc([Si](c8ccccc8)(c8ccccc8)c8ccccc8)cc7n7c8ccccc8nc67)nc(-c6cccc(-n7c8ccccc8c8ccccc87)c6)n5)c5ccccc5n4c3c2)cc1. The highest BCUT2D eigenvalue weighted by molar-refractivity contribution is 7.20. The van der Waals surface area contributed by atoms with E-state index in [1.54, 1.807) is 0 Å². The Kier molecular flexibility index (Phi) is 12.4. The van der Waals surface area contributed by atoms with Gasteiger partial charge in [-0.1, -0.05) is 267 Å². The zero-order valence-electron chi connectivity index (χ0n) is 51.4. The normalized spacial score (nSPS) is 12.2. The largest absolute Gasteiger partial charge is 0.309 e. The van der Waals surface area contributed by atoms with Crippen LogP contribution < -0.4 is 41.5 Å². The highest BCUT2D eigenvalue weighted by atomic mass is 28.3. The Labute approximate surface area is 548 Å². The van der Waals surface area contributed by atoms with Crippen molar-refractivity contribution in [1.82, 2.24) is 42.4 Å². The number of hydrogen-bond donors (Lipinski definition) is 0. The molecule has 0 unspecified atom stereocenters. The standard InChI is InChI=1S/C84H57N9Si2/c1-7-30-60(31-8-1)94(61-32-9-2-10-33-61,62-34-11-3-12-35-62)66-50-52-71-78(55-66)91-75-48-25-26-49-76(75)92(84(91)86-71)80-57-81(88-82(87-80)58-28-27-29-59(54-58)89-72-45-22-19-42-68(72)69-43-20-23-46-73(69)89)93-77-53-51-67(56-79(77)90-74-47-24-21-44-70(74)85-83(90)93)95(63-36-13-4-14-37-63,64-38-15-5-16-39-64)65-40-17-6-18-41-65/h1-57H. The van der Waals surface area contributed by atoms with E-state index in [0.29, 0.717) is 17.5 Å². The van der Waals surface area contributed by atoms with Crippen molar-refractivity contribution in [3.8, 4) is 28.7 Å². The minimum atomic E-state index is -3.00. The Morgan fingerprint density at radius 3 is 1.09 bits per heavy atom. The van der Waals surface area contributed by atoms with Crippen molar-refractivity contribution < 1.29 is 0 Å². The van der Waals surface area contributed by atoms with Crippen LogP contribution in [0.4, 0.5) is 0 Å². The fourth-order valence-corrected chi connectivity index (χ4v) is 25.1. The van der Waals surface area contributed by atoms with E-state index in [4.69, 9.17) is 19.9 Å². The molecule has 11 heteroatoms. The van der Waals surface area contributed by atoms with E-state index in [9.17, 15) is 0 Å². The molecule has 6 heterocycles. The molecule has 0 atom stereocenters. The van der Waals surface area contributed by atoms with Gasteiger partial charge in [-0.05, 0) is 114 Å². The van der Waals surface area contributed by atoms with Crippen molar-refractivity contribution in [2.45, 2.75) is 0 Å². The monoisotopic (exact) mass is 1250 g/mol. The van der Waals surface area contributed by atoms with Crippen LogP contribution in [0.5, 0.6) is 0 Å². The van der Waals surface area contributed by atoms with Crippen LogP contribution in [0, 0.1) is 0 Å². The van der Waals surface area contributed by atoms with E-state index in [-0.39, 0.29) is 0 Å². The molecule has 0 aliphatic heterocycles. The van der Waals surface area contributed by atoms with E-state index < -0.39 is 16.1 Å². The van der Waals surface area contributed by atoms with E-state index in [1.165, 1.54) is 52.3 Å². The molecule has 9 nitrogen and oxygen atoms in total. The average Bonchev–Trinajstić information content (AvgIpc) is 1.63. The number of rotatable bonds is 12. The fourth-order valence-electron chi connectivity index (χ4n) is 15.6. The Bertz CT molecular complexity index is 5910. The van der Waals surface area contributed by atoms with Crippen LogP contribution in [0.2, 0.25) is 0 Å². The smallest absolute Gasteiger partial charge is 0.221 e. The Balaban J connectivity index is 0.891. The number of benzene rings is 13. The number of imidazole rings is 4. The number of para-hydroxylation sites is 6. The summed E-state index contributed by atoms with van der Waals surface area (Å²) in [5.41, 5.74) is 11.8. The lowest BCUT2D eigenvalue weighted by atomic mass is 10.1. The number of nitrogens with zero attached hydrogens (tertiary/aromatic N) is 9. The summed E-state index contributed by atoms with van der Waals surface area (Å²) >= 11 is 0. The van der Waals surface area contributed by atoms with Gasteiger partial charge in [0, 0.05) is 28.1 Å². The van der Waals surface area contributed by atoms with E-state index >= 15 is 0 Å². The van der Waals surface area contributed by atoms with Crippen molar-refractivity contribution in [2.24, 2.45) is 0 Å². The van der Waals surface area contributed by atoms with Gasteiger partial charge < -0.3 is 4.57 Å². The molecule has 0 N–H and O–H groups in total. The van der Waals surface area contributed by atoms with Crippen LogP contribution in [0.25, 0.3) is 106 Å². The zero-order valence-corrected chi connectivity index (χ0v) is 53.4. The van der Waals surface area contributed by atoms with Gasteiger partial charge in [-0.15, -0.1) is 0 Å². The molecule has 0 aliphatic carbocycles. The van der Waals surface area contributed by atoms with Crippen LogP contribution in [-0.2, 0) is 0 Å². The second-order valence-electron chi connectivity index (χ2n) is 24.6. The van der Waals surface area contributed by atoms with Gasteiger partial charge in [-0.2, -0.15) is 0 Å². The van der Waals surface area contributed by atoms with Gasteiger partial charge in [-0.3, -0.25) is 17.9 Å². The van der Waals surface area contributed by atoms with Gasteiger partial charge in [0.1, 0.15) is 11.6 Å². The van der Waals surface area contributed by atoms with Gasteiger partial charge in [-0.25, -0.2) is 19.9 Å². The lowest BCUT2D eigenvalue weighted by molar-refractivity contribution is 0.969. The van der Waals surface area contributed by atoms with Crippen molar-refractivity contribution in [1.29, 1.82) is 0 Å². The maximum Gasteiger partial charge on any atom is 0.221 e. The van der Waals surface area contributed by atoms with Crippen LogP contribution >= 0.6 is 0 Å². The predicted molar refractivity (Wildman–Crippen MR) is 395 cm³/mol. The lowest BCUT2D eigenvalue weighted by Gasteiger charge is -2.34. The molecule has 0 bridgehead atoms. The Hall–Kier alpha value is -12.3. The molecule has 19 aromatic rings. The van der Waals surface area contributed by atoms with Crippen LogP contribution in [-0.4, -0.2) is 58.6 Å². The summed E-state index contributed by atoms with van der Waals surface area (Å²) in [4.78, 5) is 22.8. The third-order valence-corrected chi connectivity index (χ3v) is 29.2. The first-order valence-corrected chi connectivity index (χ1v) is 36.3. The van der Waals surface area contributed by atoms with E-state index in [0.717, 1.165) is 78.0 Å². The van der Waals surface area contributed by atoms with Gasteiger partial charge >= 0.3 is 0 Å². The lowest BCUT2D eigenvalue weighted by Crippen LogP contribution is -2.74. The second-order valence-corrected chi connectivity index (χ2v) is 32.2. The predicted octanol–water partition coefficient (Wildman–Crippen LogP) is 13.5. The topological polar surface area (TPSA) is 75.2 Å². The van der Waals surface area contributed by atoms with Gasteiger partial charge in [0.15, 0.2) is 22.0 Å². The first-order chi connectivity index (χ1) is 47.1. The number of hydrogen-bond acceptors (Lipinski definition) is 4. The third-order valence-electron chi connectivity index (χ3n) is 19.6. The Morgan fingerprint density at radius 2 is 0.600 bits per heavy atom. The molecule has 0 saturated carbocycles. The molecule has 0 radical (unpaired) electrons. The molecule has 0 spiro atoms. The molecule has 0 saturated heterocycles. The molecule has 0 fully saturated rings. The summed E-state index contributed by atoms with van der Waals surface area (Å²) in [5.74, 6) is 3.35. The highest BCUT2D eigenvalue weighted by Gasteiger charge is 2.43. The minimum Gasteiger partial charge on any atom is -0.309 e. The third kappa shape index (κ3) is 8.19. The first-order valence-electron chi connectivity index (χ1n) is 32.3. The molecule has 13 aromatic carbocycles. The number of aromatic nitrogens is 9. The average molecular weight is 1250 g/mol. The highest BCUT2D eigenvalue weighted by Crippen LogP contribution is 2.37. The van der Waals surface area contributed by atoms with Crippen LogP contribution in [0.15, 0.2) is 346 Å². The second kappa shape index (κ2) is 21.7. The molecular weight excluding hydrogens is 1190 g/mol. The first kappa shape index (κ1) is 54.4. The quantitative estimate of drug-likeness (QED) is 0.0902. The van der Waals surface area contributed by atoms with Crippen molar-refractivity contribution in [3.05, 3.63) is 346 Å². The Morgan fingerprint density at radius 1 is 0.221 bits per heavy atom. The van der Waals surface area contributed by atoms with Crippen LogP contribution in [0.3, 0.4) is 0 Å². The van der Waals surface area contributed by atoms with Crippen molar-refractivity contribution in [2.75, 3.05) is 0 Å². The molecule has 6 aromatic heterocycles. The molecule has 0 aliphatic rings. The minimum absolute atomic E-state index is 0.551. The molecule has 19 rings (SSSR count). The molecule has 0 amide bonds. The molecular formula is C84H57N9Si2. The van der Waals surface area contributed by atoms with Gasteiger partial charge in [0.05, 0.1) is 55.2 Å². The summed E-state index contributed by atoms with van der Waals surface area (Å²) in [5, 5.41) is 12.7. The summed E-state index contributed by atoms with van der Waals surface area (Å²) in [6.45, 7) is 0. The van der Waals surface area contributed by atoms with Gasteiger partial charge in [0.2, 0.25) is 11.6 Å². The number of fused-ring (bicyclic) bond motifs is 13. The molecule has 446 valence electrons. The summed E-state index contributed by atoms with van der Waals surface area (Å²) in [6, 6.07) is 126. The van der Waals surface area contributed by atoms with Crippen molar-refractivity contribution >= 4 is 135 Å².